The van der Waals surface area contributed by atoms with Crippen LogP contribution in [0, 0.1) is 0 Å². The largest absolute Gasteiger partial charge is 0.416 e. The number of aromatic nitrogens is 3. The monoisotopic (exact) mass is 496 g/mol. The lowest BCUT2D eigenvalue weighted by molar-refractivity contribution is 0.0370. The summed E-state index contributed by atoms with van der Waals surface area (Å²) < 4.78 is 40.1. The summed E-state index contributed by atoms with van der Waals surface area (Å²) in [5, 5.41) is 11.7. The Morgan fingerprint density at radius 3 is 2.69 bits per heavy atom. The van der Waals surface area contributed by atoms with Gasteiger partial charge in [0.15, 0.2) is 0 Å². The molecule has 11 heteroatoms. The first kappa shape index (κ1) is 22.3. The number of ether oxygens (including phenoxy) is 1. The van der Waals surface area contributed by atoms with Gasteiger partial charge in [-0.2, -0.15) is 0 Å². The van der Waals surface area contributed by atoms with Gasteiger partial charge < -0.3 is 19.4 Å². The van der Waals surface area contributed by atoms with Gasteiger partial charge in [-0.05, 0) is 62.4 Å². The molecule has 1 aliphatic carbocycles. The molecule has 10 nitrogen and oxygen atoms in total. The normalized spacial score (nSPS) is 19.0. The predicted octanol–water partition coefficient (Wildman–Crippen LogP) is 3.50. The summed E-state index contributed by atoms with van der Waals surface area (Å²) in [5.74, 6) is 1.54. The maximum Gasteiger partial charge on any atom is 0.250 e. The fourth-order valence-electron chi connectivity index (χ4n) is 4.57. The van der Waals surface area contributed by atoms with Gasteiger partial charge in [0.25, 0.3) is 0 Å². The summed E-state index contributed by atoms with van der Waals surface area (Å²) in [5.41, 5.74) is 2.97. The van der Waals surface area contributed by atoms with E-state index in [1.165, 1.54) is 0 Å². The van der Waals surface area contributed by atoms with E-state index in [2.05, 4.69) is 30.1 Å². The lowest BCUT2D eigenvalue weighted by Crippen LogP contribution is -2.37. The molecule has 184 valence electrons. The molecule has 4 aliphatic rings. The van der Waals surface area contributed by atoms with Crippen molar-refractivity contribution in [3.63, 3.8) is 0 Å². The van der Waals surface area contributed by atoms with Crippen molar-refractivity contribution in [1.82, 2.24) is 15.2 Å². The molecular weight excluding hydrogens is 468 g/mol. The topological polar surface area (TPSA) is 122 Å². The molecule has 35 heavy (non-hydrogen) atoms. The van der Waals surface area contributed by atoms with Crippen molar-refractivity contribution in [2.24, 2.45) is 0 Å². The highest BCUT2D eigenvalue weighted by atomic mass is 32.2. The number of anilines is 3. The second-order valence-corrected chi connectivity index (χ2v) is 11.2. The highest BCUT2D eigenvalue weighted by Gasteiger charge is 2.36. The van der Waals surface area contributed by atoms with Crippen LogP contribution in [-0.2, 0) is 14.8 Å². The number of pyridine rings is 1. The minimum Gasteiger partial charge on any atom is -0.416 e. The number of fused-ring (bicyclic) bond motifs is 6. The van der Waals surface area contributed by atoms with E-state index in [-0.39, 0.29) is 11.4 Å². The van der Waals surface area contributed by atoms with Crippen molar-refractivity contribution in [3.8, 4) is 22.9 Å². The van der Waals surface area contributed by atoms with E-state index in [9.17, 15) is 8.42 Å². The number of benzene rings is 1. The average molecular weight is 497 g/mol. The van der Waals surface area contributed by atoms with Gasteiger partial charge >= 0.3 is 0 Å². The van der Waals surface area contributed by atoms with Gasteiger partial charge in [0, 0.05) is 38.0 Å². The van der Waals surface area contributed by atoms with E-state index in [0.29, 0.717) is 36.9 Å². The first-order valence-corrected chi connectivity index (χ1v) is 13.7. The SMILES string of the molecule is O=S(=O)(Nc1ccc2c(c1)N1CCC(CC1)OCCCNc1cc(ccn1)-c1nnc-2o1)C1CC1. The van der Waals surface area contributed by atoms with E-state index < -0.39 is 10.0 Å². The molecule has 1 aromatic carbocycles. The Hall–Kier alpha value is -3.18. The van der Waals surface area contributed by atoms with Crippen LogP contribution in [-0.4, -0.2) is 61.2 Å². The van der Waals surface area contributed by atoms with Crippen LogP contribution in [0.15, 0.2) is 40.9 Å². The molecule has 0 amide bonds. The number of hydrogen-bond donors (Lipinski definition) is 2. The van der Waals surface area contributed by atoms with Crippen molar-refractivity contribution in [2.45, 2.75) is 43.5 Å². The molecule has 3 aromatic rings. The standard InChI is InChI=1S/C24H28N6O4S/c31-35(32,19-3-4-19)29-17-2-5-20-21(15-17)30-11-7-18(8-12-30)33-13-1-9-25-22-14-16(6-10-26-22)23-27-28-24(20)34-23/h2,5-6,10,14-15,18-19,29H,1,3-4,7-9,11-13H2,(H,25,26). The van der Waals surface area contributed by atoms with Crippen LogP contribution in [0.1, 0.15) is 32.1 Å². The number of piperidine rings is 1. The molecule has 0 unspecified atom stereocenters. The summed E-state index contributed by atoms with van der Waals surface area (Å²) in [4.78, 5) is 6.63. The minimum absolute atomic E-state index is 0.207. The number of nitrogens with zero attached hydrogens (tertiary/aromatic N) is 4. The molecule has 6 bridgehead atoms. The summed E-state index contributed by atoms with van der Waals surface area (Å²) in [6, 6.07) is 9.22. The molecule has 0 radical (unpaired) electrons. The highest BCUT2D eigenvalue weighted by molar-refractivity contribution is 7.93. The molecule has 5 heterocycles. The third-order valence-electron chi connectivity index (χ3n) is 6.65. The first-order valence-electron chi connectivity index (χ1n) is 12.1. The van der Waals surface area contributed by atoms with E-state index in [0.717, 1.165) is 61.5 Å². The van der Waals surface area contributed by atoms with Crippen molar-refractivity contribution in [2.75, 3.05) is 41.2 Å². The Kier molecular flexibility index (Phi) is 5.81. The van der Waals surface area contributed by atoms with Gasteiger partial charge in [-0.1, -0.05) is 0 Å². The third-order valence-corrected chi connectivity index (χ3v) is 8.52. The van der Waals surface area contributed by atoms with Gasteiger partial charge in [0.1, 0.15) is 5.82 Å². The molecule has 1 saturated carbocycles. The zero-order valence-electron chi connectivity index (χ0n) is 19.3. The highest BCUT2D eigenvalue weighted by Crippen LogP contribution is 2.37. The molecular formula is C24H28N6O4S. The maximum absolute atomic E-state index is 12.5. The van der Waals surface area contributed by atoms with Crippen molar-refractivity contribution in [3.05, 3.63) is 36.5 Å². The van der Waals surface area contributed by atoms with E-state index >= 15 is 0 Å². The Labute approximate surface area is 204 Å². The fourth-order valence-corrected chi connectivity index (χ4v) is 5.95. The van der Waals surface area contributed by atoms with Crippen molar-refractivity contribution >= 4 is 27.2 Å². The van der Waals surface area contributed by atoms with Gasteiger partial charge in [0.2, 0.25) is 21.8 Å². The van der Waals surface area contributed by atoms with E-state index in [4.69, 9.17) is 9.15 Å². The summed E-state index contributed by atoms with van der Waals surface area (Å²) in [6.07, 6.45) is 6.01. The first-order chi connectivity index (χ1) is 17.0. The molecule has 0 atom stereocenters. The third kappa shape index (κ3) is 4.83. The zero-order chi connectivity index (χ0) is 23.8. The lowest BCUT2D eigenvalue weighted by atomic mass is 10.0. The van der Waals surface area contributed by atoms with Crippen LogP contribution in [0.25, 0.3) is 22.9 Å². The zero-order valence-corrected chi connectivity index (χ0v) is 20.1. The average Bonchev–Trinajstić information content (AvgIpc) is 3.62. The maximum atomic E-state index is 12.5. The van der Waals surface area contributed by atoms with Crippen LogP contribution >= 0.6 is 0 Å². The lowest BCUT2D eigenvalue weighted by Gasteiger charge is -2.34. The van der Waals surface area contributed by atoms with Crippen LogP contribution in [0.3, 0.4) is 0 Å². The number of nitrogens with one attached hydrogen (secondary N) is 2. The van der Waals surface area contributed by atoms with Gasteiger partial charge in [-0.25, -0.2) is 13.4 Å². The second kappa shape index (κ2) is 9.12. The van der Waals surface area contributed by atoms with Gasteiger partial charge in [-0.3, -0.25) is 4.72 Å². The predicted molar refractivity (Wildman–Crippen MR) is 133 cm³/mol. The van der Waals surface area contributed by atoms with E-state index in [1.807, 2.05) is 24.3 Å². The molecule has 2 aromatic heterocycles. The number of sulfonamides is 1. The van der Waals surface area contributed by atoms with E-state index in [1.54, 1.807) is 12.3 Å². The van der Waals surface area contributed by atoms with Crippen LogP contribution in [0.5, 0.6) is 0 Å². The summed E-state index contributed by atoms with van der Waals surface area (Å²) in [6.45, 7) is 3.03. The summed E-state index contributed by atoms with van der Waals surface area (Å²) in [7, 11) is -3.37. The van der Waals surface area contributed by atoms with Gasteiger partial charge in [-0.15, -0.1) is 10.2 Å². The van der Waals surface area contributed by atoms with Crippen LogP contribution < -0.4 is 14.9 Å². The second-order valence-electron chi connectivity index (χ2n) is 9.26. The molecule has 7 rings (SSSR count). The van der Waals surface area contributed by atoms with Crippen LogP contribution in [0.2, 0.25) is 0 Å². The molecule has 1 saturated heterocycles. The number of hydrogen-bond acceptors (Lipinski definition) is 9. The Bertz CT molecular complexity index is 1320. The van der Waals surface area contributed by atoms with Crippen molar-refractivity contribution in [1.29, 1.82) is 0 Å². The van der Waals surface area contributed by atoms with Gasteiger partial charge in [0.05, 0.1) is 28.3 Å². The molecule has 2 fully saturated rings. The quantitative estimate of drug-likeness (QED) is 0.561. The number of rotatable bonds is 3. The molecule has 3 aliphatic heterocycles. The fraction of sp³-hybridized carbons (Fsp3) is 0.458. The summed E-state index contributed by atoms with van der Waals surface area (Å²) >= 11 is 0. The van der Waals surface area contributed by atoms with Crippen LogP contribution in [0.4, 0.5) is 17.2 Å². The Morgan fingerprint density at radius 1 is 1.03 bits per heavy atom. The molecule has 0 spiro atoms. The Morgan fingerprint density at radius 2 is 1.86 bits per heavy atom. The van der Waals surface area contributed by atoms with Crippen molar-refractivity contribution < 1.29 is 17.6 Å². The minimum atomic E-state index is -3.37. The molecule has 2 N–H and O–H groups in total. The smallest absolute Gasteiger partial charge is 0.250 e. The Balaban J connectivity index is 1.39.